The standard InChI is InChI=1S/C16H26O3/c1-16(2,3)13-9-7-12(8-10-13)14(17-4)11-15(18-5)19-6/h7-10,14-15H,11H2,1-6H3. The van der Waals surface area contributed by atoms with Crippen LogP contribution in [0.2, 0.25) is 0 Å². The van der Waals surface area contributed by atoms with Gasteiger partial charge in [-0.3, -0.25) is 0 Å². The number of ether oxygens (including phenoxy) is 3. The minimum atomic E-state index is -0.243. The van der Waals surface area contributed by atoms with E-state index >= 15 is 0 Å². The molecule has 0 saturated carbocycles. The molecule has 0 fully saturated rings. The monoisotopic (exact) mass is 266 g/mol. The molecule has 1 aromatic rings. The van der Waals surface area contributed by atoms with E-state index in [-0.39, 0.29) is 17.8 Å². The van der Waals surface area contributed by atoms with Crippen molar-refractivity contribution in [3.8, 4) is 0 Å². The van der Waals surface area contributed by atoms with E-state index in [1.165, 1.54) is 5.56 Å². The van der Waals surface area contributed by atoms with Gasteiger partial charge in [0.15, 0.2) is 6.29 Å². The second-order valence-electron chi connectivity index (χ2n) is 5.73. The van der Waals surface area contributed by atoms with Crippen molar-refractivity contribution in [3.63, 3.8) is 0 Å². The maximum Gasteiger partial charge on any atom is 0.159 e. The molecule has 0 heterocycles. The number of methoxy groups -OCH3 is 3. The molecule has 19 heavy (non-hydrogen) atoms. The minimum Gasteiger partial charge on any atom is -0.377 e. The van der Waals surface area contributed by atoms with Crippen molar-refractivity contribution in [2.24, 2.45) is 0 Å². The highest BCUT2D eigenvalue weighted by Crippen LogP contribution is 2.27. The Hall–Kier alpha value is -0.900. The minimum absolute atomic E-state index is 0.0149. The lowest BCUT2D eigenvalue weighted by Crippen LogP contribution is -2.18. The Bertz CT molecular complexity index is 361. The van der Waals surface area contributed by atoms with E-state index in [2.05, 4.69) is 45.0 Å². The number of benzene rings is 1. The third kappa shape index (κ3) is 4.60. The highest BCUT2D eigenvalue weighted by atomic mass is 16.7. The van der Waals surface area contributed by atoms with Crippen LogP contribution in [0.1, 0.15) is 44.4 Å². The summed E-state index contributed by atoms with van der Waals surface area (Å²) in [5, 5.41) is 0. The Kier molecular flexibility index (Phi) is 5.98. The first-order chi connectivity index (χ1) is 8.92. The fourth-order valence-corrected chi connectivity index (χ4v) is 2.03. The van der Waals surface area contributed by atoms with Gasteiger partial charge < -0.3 is 14.2 Å². The Morgan fingerprint density at radius 2 is 1.42 bits per heavy atom. The van der Waals surface area contributed by atoms with Crippen LogP contribution in [-0.4, -0.2) is 27.6 Å². The molecule has 0 aromatic heterocycles. The highest BCUT2D eigenvalue weighted by molar-refractivity contribution is 5.28. The van der Waals surface area contributed by atoms with Gasteiger partial charge in [0.1, 0.15) is 0 Å². The van der Waals surface area contributed by atoms with E-state index in [1.807, 2.05) is 0 Å². The van der Waals surface area contributed by atoms with Crippen molar-refractivity contribution in [2.45, 2.75) is 45.0 Å². The van der Waals surface area contributed by atoms with E-state index in [0.29, 0.717) is 6.42 Å². The van der Waals surface area contributed by atoms with Crippen LogP contribution >= 0.6 is 0 Å². The van der Waals surface area contributed by atoms with E-state index in [9.17, 15) is 0 Å². The predicted octanol–water partition coefficient (Wildman–Crippen LogP) is 3.68. The molecule has 0 aliphatic heterocycles. The molecule has 1 atom stereocenters. The molecular weight excluding hydrogens is 240 g/mol. The van der Waals surface area contributed by atoms with Crippen molar-refractivity contribution in [2.75, 3.05) is 21.3 Å². The molecule has 0 radical (unpaired) electrons. The second-order valence-corrected chi connectivity index (χ2v) is 5.73. The normalized spacial score (nSPS) is 13.8. The Morgan fingerprint density at radius 3 is 1.79 bits per heavy atom. The van der Waals surface area contributed by atoms with Gasteiger partial charge in [-0.05, 0) is 16.5 Å². The lowest BCUT2D eigenvalue weighted by Gasteiger charge is -2.23. The van der Waals surface area contributed by atoms with Crippen LogP contribution in [0.25, 0.3) is 0 Å². The zero-order valence-electron chi connectivity index (χ0n) is 12.9. The van der Waals surface area contributed by atoms with Crippen LogP contribution in [0.4, 0.5) is 0 Å². The Balaban J connectivity index is 2.82. The summed E-state index contributed by atoms with van der Waals surface area (Å²) in [5.41, 5.74) is 2.64. The third-order valence-electron chi connectivity index (χ3n) is 3.37. The predicted molar refractivity (Wildman–Crippen MR) is 77.3 cm³/mol. The Labute approximate surface area is 116 Å². The van der Waals surface area contributed by atoms with Crippen molar-refractivity contribution >= 4 is 0 Å². The smallest absolute Gasteiger partial charge is 0.159 e. The number of hydrogen-bond acceptors (Lipinski definition) is 3. The maximum absolute atomic E-state index is 5.54. The molecule has 0 amide bonds. The van der Waals surface area contributed by atoms with Gasteiger partial charge in [-0.2, -0.15) is 0 Å². The highest BCUT2D eigenvalue weighted by Gasteiger charge is 2.19. The zero-order chi connectivity index (χ0) is 14.5. The van der Waals surface area contributed by atoms with Gasteiger partial charge in [0.25, 0.3) is 0 Å². The molecule has 108 valence electrons. The summed E-state index contributed by atoms with van der Waals surface area (Å²) < 4.78 is 16.0. The maximum atomic E-state index is 5.54. The largest absolute Gasteiger partial charge is 0.377 e. The van der Waals surface area contributed by atoms with Crippen molar-refractivity contribution in [1.29, 1.82) is 0 Å². The SMILES string of the molecule is COC(CC(OC)c1ccc(C(C)(C)C)cc1)OC. The van der Waals surface area contributed by atoms with Crippen LogP contribution in [0.5, 0.6) is 0 Å². The van der Waals surface area contributed by atoms with Crippen LogP contribution in [0.15, 0.2) is 24.3 Å². The summed E-state index contributed by atoms with van der Waals surface area (Å²) in [4.78, 5) is 0. The molecule has 1 aromatic carbocycles. The molecule has 0 bridgehead atoms. The first-order valence-electron chi connectivity index (χ1n) is 6.61. The molecule has 0 spiro atoms. The first-order valence-corrected chi connectivity index (χ1v) is 6.61. The van der Waals surface area contributed by atoms with E-state index in [0.717, 1.165) is 5.56 Å². The first kappa shape index (κ1) is 16.2. The summed E-state index contributed by atoms with van der Waals surface area (Å²) in [5.74, 6) is 0. The Morgan fingerprint density at radius 1 is 0.895 bits per heavy atom. The molecular formula is C16H26O3. The topological polar surface area (TPSA) is 27.7 Å². The third-order valence-corrected chi connectivity index (χ3v) is 3.37. The van der Waals surface area contributed by atoms with E-state index in [4.69, 9.17) is 14.2 Å². The molecule has 0 aliphatic carbocycles. The summed E-state index contributed by atoms with van der Waals surface area (Å²) >= 11 is 0. The molecule has 3 nitrogen and oxygen atoms in total. The molecule has 3 heteroatoms. The van der Waals surface area contributed by atoms with Crippen LogP contribution in [0, 0.1) is 0 Å². The average Bonchev–Trinajstić information content (AvgIpc) is 2.39. The van der Waals surface area contributed by atoms with E-state index in [1.54, 1.807) is 21.3 Å². The van der Waals surface area contributed by atoms with Gasteiger partial charge in [0.2, 0.25) is 0 Å². The van der Waals surface area contributed by atoms with Gasteiger partial charge in [0, 0.05) is 27.8 Å². The quantitative estimate of drug-likeness (QED) is 0.735. The average molecular weight is 266 g/mol. The molecule has 0 aliphatic rings. The fourth-order valence-electron chi connectivity index (χ4n) is 2.03. The number of rotatable bonds is 6. The molecule has 1 rings (SSSR count). The van der Waals surface area contributed by atoms with Gasteiger partial charge >= 0.3 is 0 Å². The zero-order valence-corrected chi connectivity index (χ0v) is 12.9. The van der Waals surface area contributed by atoms with Gasteiger partial charge in [-0.15, -0.1) is 0 Å². The van der Waals surface area contributed by atoms with E-state index < -0.39 is 0 Å². The lowest BCUT2D eigenvalue weighted by molar-refractivity contribution is -0.126. The fraction of sp³-hybridized carbons (Fsp3) is 0.625. The van der Waals surface area contributed by atoms with Crippen molar-refractivity contribution < 1.29 is 14.2 Å². The van der Waals surface area contributed by atoms with Crippen molar-refractivity contribution in [1.82, 2.24) is 0 Å². The van der Waals surface area contributed by atoms with Gasteiger partial charge in [-0.1, -0.05) is 45.0 Å². The molecule has 1 unspecified atom stereocenters. The number of hydrogen-bond donors (Lipinski definition) is 0. The molecule has 0 N–H and O–H groups in total. The summed E-state index contributed by atoms with van der Waals surface area (Å²) in [6, 6.07) is 8.57. The second kappa shape index (κ2) is 7.04. The summed E-state index contributed by atoms with van der Waals surface area (Å²) in [7, 11) is 5.00. The van der Waals surface area contributed by atoms with Gasteiger partial charge in [-0.25, -0.2) is 0 Å². The van der Waals surface area contributed by atoms with Crippen LogP contribution < -0.4 is 0 Å². The van der Waals surface area contributed by atoms with Crippen LogP contribution in [-0.2, 0) is 19.6 Å². The van der Waals surface area contributed by atoms with Crippen LogP contribution in [0.3, 0.4) is 0 Å². The molecule has 0 saturated heterocycles. The summed E-state index contributed by atoms with van der Waals surface area (Å²) in [6.07, 6.45) is 0.421. The summed E-state index contributed by atoms with van der Waals surface area (Å²) in [6.45, 7) is 6.63. The van der Waals surface area contributed by atoms with Crippen molar-refractivity contribution in [3.05, 3.63) is 35.4 Å². The lowest BCUT2D eigenvalue weighted by atomic mass is 9.86. The van der Waals surface area contributed by atoms with Gasteiger partial charge in [0.05, 0.1) is 6.10 Å².